The monoisotopic (exact) mass is 497 g/mol. The number of aromatic nitrogens is 2. The summed E-state index contributed by atoms with van der Waals surface area (Å²) in [5.41, 5.74) is 2.33. The van der Waals surface area contributed by atoms with Gasteiger partial charge in [-0.15, -0.1) is 0 Å². The Hall–Kier alpha value is -2.04. The smallest absolute Gasteiger partial charge is 0.422 e. The molecule has 34 heavy (non-hydrogen) atoms. The highest BCUT2D eigenvalue weighted by Crippen LogP contribution is 2.30. The van der Waals surface area contributed by atoms with Crippen LogP contribution in [-0.4, -0.2) is 65.8 Å². The van der Waals surface area contributed by atoms with Crippen molar-refractivity contribution in [3.8, 4) is 5.19 Å². The Balaban J connectivity index is 1.16. The van der Waals surface area contributed by atoms with Gasteiger partial charge >= 0.3 is 6.18 Å². The fourth-order valence-electron chi connectivity index (χ4n) is 4.54. The lowest BCUT2D eigenvalue weighted by Gasteiger charge is -2.30. The van der Waals surface area contributed by atoms with Gasteiger partial charge in [0.25, 0.3) is 5.19 Å². The summed E-state index contributed by atoms with van der Waals surface area (Å²) in [5.74, 6) is 0.382. The number of carbonyl (C=O) groups excluding carboxylic acids is 1. The van der Waals surface area contributed by atoms with Crippen LogP contribution in [0.5, 0.6) is 5.19 Å². The predicted molar refractivity (Wildman–Crippen MR) is 123 cm³/mol. The number of rotatable bonds is 8. The summed E-state index contributed by atoms with van der Waals surface area (Å²) in [6.07, 6.45) is 2.39. The van der Waals surface area contributed by atoms with Gasteiger partial charge in [0, 0.05) is 54.8 Å². The lowest BCUT2D eigenvalue weighted by atomic mass is 9.90. The molecule has 0 amide bonds. The zero-order valence-corrected chi connectivity index (χ0v) is 20.1. The molecule has 0 radical (unpaired) electrons. The number of ketones is 1. The van der Waals surface area contributed by atoms with Gasteiger partial charge in [-0.3, -0.25) is 9.78 Å². The van der Waals surface area contributed by atoms with Crippen LogP contribution < -0.4 is 4.74 Å². The first-order chi connectivity index (χ1) is 16.3. The van der Waals surface area contributed by atoms with Crippen molar-refractivity contribution in [1.29, 1.82) is 0 Å². The van der Waals surface area contributed by atoms with Crippen LogP contribution >= 0.6 is 11.3 Å². The maximum absolute atomic E-state index is 12.6. The van der Waals surface area contributed by atoms with E-state index in [1.807, 2.05) is 13.0 Å². The zero-order chi connectivity index (χ0) is 24.1. The Kier molecular flexibility index (Phi) is 8.21. The summed E-state index contributed by atoms with van der Waals surface area (Å²) >= 11 is 1.23. The number of thiazole rings is 1. The summed E-state index contributed by atoms with van der Waals surface area (Å²) in [5, 5.41) is 0.109. The third-order valence-electron chi connectivity index (χ3n) is 6.45. The molecule has 4 heterocycles. The minimum Gasteiger partial charge on any atom is -0.460 e. The van der Waals surface area contributed by atoms with Gasteiger partial charge in [-0.05, 0) is 50.7 Å². The number of hydrogen-bond donors (Lipinski definition) is 0. The van der Waals surface area contributed by atoms with E-state index in [0.717, 1.165) is 61.6 Å². The number of Topliss-reactive ketones (excluding diaryl/α,β-unsaturated/α-hetero) is 1. The van der Waals surface area contributed by atoms with Crippen LogP contribution in [0.4, 0.5) is 13.2 Å². The number of fused-ring (bicyclic) bond motifs is 1. The van der Waals surface area contributed by atoms with Crippen molar-refractivity contribution in [2.75, 3.05) is 32.8 Å². The summed E-state index contributed by atoms with van der Waals surface area (Å²) < 4.78 is 48.0. The van der Waals surface area contributed by atoms with Gasteiger partial charge in [0.15, 0.2) is 12.4 Å². The molecule has 0 aliphatic carbocycles. The van der Waals surface area contributed by atoms with Crippen LogP contribution in [0.15, 0.2) is 18.3 Å². The lowest BCUT2D eigenvalue weighted by molar-refractivity contribution is -0.153. The third kappa shape index (κ3) is 6.99. The number of carbonyl (C=O) groups is 1. The molecule has 0 bridgehead atoms. The first-order valence-electron chi connectivity index (χ1n) is 11.7. The maximum Gasteiger partial charge on any atom is 0.422 e. The third-order valence-corrected chi connectivity index (χ3v) is 7.52. The number of pyridine rings is 1. The number of hydrogen-bond acceptors (Lipinski definition) is 7. The molecule has 2 atom stereocenters. The van der Waals surface area contributed by atoms with Gasteiger partial charge in [0.2, 0.25) is 0 Å². The molecule has 2 aromatic heterocycles. The van der Waals surface area contributed by atoms with Gasteiger partial charge in [-0.25, -0.2) is 4.98 Å². The molecule has 1 saturated heterocycles. The average molecular weight is 498 g/mol. The van der Waals surface area contributed by atoms with Gasteiger partial charge < -0.3 is 14.4 Å². The van der Waals surface area contributed by atoms with Crippen molar-refractivity contribution in [2.45, 2.75) is 57.7 Å². The first-order valence-corrected chi connectivity index (χ1v) is 12.6. The standard InChI is InChI=1S/C24H30F3N3O3S/c1-16-19(3-2-9-28-16)21(31)13-17-4-5-18(32-14-17)6-10-30-11-7-20-22(8-12-30)34-23(29-20)33-15-24(25,26)27/h2-3,9,17-18H,4-8,10-15H2,1H3/t17-,18-/m1/s1. The van der Waals surface area contributed by atoms with Crippen molar-refractivity contribution >= 4 is 17.1 Å². The van der Waals surface area contributed by atoms with E-state index < -0.39 is 12.8 Å². The molecule has 0 aromatic carbocycles. The minimum atomic E-state index is -4.35. The highest BCUT2D eigenvalue weighted by molar-refractivity contribution is 7.13. The molecule has 10 heteroatoms. The fourth-order valence-corrected chi connectivity index (χ4v) is 5.48. The molecule has 0 saturated carbocycles. The molecule has 0 unspecified atom stereocenters. The second kappa shape index (κ2) is 11.1. The van der Waals surface area contributed by atoms with Crippen molar-refractivity contribution < 1.29 is 27.4 Å². The van der Waals surface area contributed by atoms with E-state index in [1.54, 1.807) is 12.3 Å². The van der Waals surface area contributed by atoms with Crippen molar-refractivity contribution in [2.24, 2.45) is 5.92 Å². The van der Waals surface area contributed by atoms with E-state index in [9.17, 15) is 18.0 Å². The summed E-state index contributed by atoms with van der Waals surface area (Å²) in [4.78, 5) is 24.5. The number of ether oxygens (including phenoxy) is 2. The number of nitrogens with zero attached hydrogens (tertiary/aromatic N) is 3. The molecule has 0 spiro atoms. The fraction of sp³-hybridized carbons (Fsp3) is 0.625. The van der Waals surface area contributed by atoms with E-state index >= 15 is 0 Å². The van der Waals surface area contributed by atoms with Crippen LogP contribution in [0.2, 0.25) is 0 Å². The Labute approximate surface area is 201 Å². The number of alkyl halides is 3. The molecule has 186 valence electrons. The van der Waals surface area contributed by atoms with Gasteiger partial charge in [0.05, 0.1) is 18.4 Å². The molecular formula is C24H30F3N3O3S. The molecule has 1 fully saturated rings. The van der Waals surface area contributed by atoms with E-state index in [0.29, 0.717) is 25.0 Å². The second-order valence-corrected chi connectivity index (χ2v) is 10.1. The van der Waals surface area contributed by atoms with Crippen LogP contribution in [-0.2, 0) is 17.6 Å². The highest BCUT2D eigenvalue weighted by atomic mass is 32.1. The highest BCUT2D eigenvalue weighted by Gasteiger charge is 2.30. The molecular weight excluding hydrogens is 467 g/mol. The molecule has 2 aliphatic heterocycles. The SMILES string of the molecule is Cc1ncccc1C(=O)C[C@H]1CC[C@H](CCN2CCc3nc(OCC(F)(F)F)sc3CC2)OC1. The molecule has 4 rings (SSSR count). The molecule has 6 nitrogen and oxygen atoms in total. The Bertz CT molecular complexity index is 948. The molecule has 0 N–H and O–H groups in total. The van der Waals surface area contributed by atoms with E-state index in [4.69, 9.17) is 9.47 Å². The quantitative estimate of drug-likeness (QED) is 0.495. The second-order valence-electron chi connectivity index (χ2n) is 9.05. The van der Waals surface area contributed by atoms with Crippen LogP contribution in [0.3, 0.4) is 0 Å². The normalized spacial score (nSPS) is 21.6. The zero-order valence-electron chi connectivity index (χ0n) is 19.3. The van der Waals surface area contributed by atoms with Crippen molar-refractivity contribution in [1.82, 2.24) is 14.9 Å². The van der Waals surface area contributed by atoms with Crippen LogP contribution in [0.1, 0.15) is 52.3 Å². The van der Waals surface area contributed by atoms with E-state index in [2.05, 4.69) is 14.9 Å². The minimum absolute atomic E-state index is 0.109. The number of aryl methyl sites for hydroxylation is 1. The van der Waals surface area contributed by atoms with Gasteiger partial charge in [0.1, 0.15) is 0 Å². The van der Waals surface area contributed by atoms with Gasteiger partial charge in [-0.1, -0.05) is 11.3 Å². The van der Waals surface area contributed by atoms with Crippen LogP contribution in [0.25, 0.3) is 0 Å². The summed E-state index contributed by atoms with van der Waals surface area (Å²) in [6.45, 7) is 3.75. The topological polar surface area (TPSA) is 64.6 Å². The molecule has 2 aliphatic rings. The van der Waals surface area contributed by atoms with E-state index in [1.165, 1.54) is 11.3 Å². The summed E-state index contributed by atoms with van der Waals surface area (Å²) in [7, 11) is 0. The summed E-state index contributed by atoms with van der Waals surface area (Å²) in [6, 6.07) is 3.63. The van der Waals surface area contributed by atoms with E-state index in [-0.39, 0.29) is 23.0 Å². The average Bonchev–Trinajstić information content (AvgIpc) is 3.10. The first kappa shape index (κ1) is 25.1. The Morgan fingerprint density at radius 3 is 2.85 bits per heavy atom. The van der Waals surface area contributed by atoms with Crippen molar-refractivity contribution in [3.63, 3.8) is 0 Å². The van der Waals surface area contributed by atoms with Crippen molar-refractivity contribution in [3.05, 3.63) is 40.2 Å². The maximum atomic E-state index is 12.6. The van der Waals surface area contributed by atoms with Gasteiger partial charge in [-0.2, -0.15) is 13.2 Å². The predicted octanol–water partition coefficient (Wildman–Crippen LogP) is 4.65. The Morgan fingerprint density at radius 2 is 2.12 bits per heavy atom. The lowest BCUT2D eigenvalue weighted by Crippen LogP contribution is -2.33. The molecule has 2 aromatic rings. The van der Waals surface area contributed by atoms with Crippen LogP contribution in [0, 0.1) is 12.8 Å². The largest absolute Gasteiger partial charge is 0.460 e. The Morgan fingerprint density at radius 1 is 1.29 bits per heavy atom. The number of halogens is 3.